The number of aromatic nitrogens is 1. The van der Waals surface area contributed by atoms with Crippen molar-refractivity contribution in [2.24, 2.45) is 5.92 Å². The summed E-state index contributed by atoms with van der Waals surface area (Å²) in [6.45, 7) is 4.95. The van der Waals surface area contributed by atoms with E-state index in [2.05, 4.69) is 15.6 Å². The molecule has 0 fully saturated rings. The fraction of sp³-hybridized carbons (Fsp3) is 0.529. The number of rotatable bonds is 8. The molecule has 0 aliphatic rings. The van der Waals surface area contributed by atoms with Gasteiger partial charge in [0.1, 0.15) is 12.1 Å². The summed E-state index contributed by atoms with van der Waals surface area (Å²) >= 11 is 0. The zero-order valence-corrected chi connectivity index (χ0v) is 15.2. The van der Waals surface area contributed by atoms with E-state index in [1.165, 1.54) is 21.1 Å². The third-order valence-electron chi connectivity index (χ3n) is 3.56. The van der Waals surface area contributed by atoms with Crippen LogP contribution < -0.4 is 15.4 Å². The number of esters is 1. The largest absolute Gasteiger partial charge is 0.481 e. The average molecular weight is 351 g/mol. The highest BCUT2D eigenvalue weighted by molar-refractivity contribution is 5.90. The van der Waals surface area contributed by atoms with Crippen LogP contribution in [0, 0.1) is 5.92 Å². The monoisotopic (exact) mass is 351 g/mol. The number of pyridine rings is 1. The Labute approximate surface area is 147 Å². The summed E-state index contributed by atoms with van der Waals surface area (Å²) in [5.74, 6) is -1.02. The Bertz CT molecular complexity index is 601. The summed E-state index contributed by atoms with van der Waals surface area (Å²) in [5.41, 5.74) is 0.733. The lowest BCUT2D eigenvalue weighted by atomic mass is 10.0. The molecule has 0 spiro atoms. The van der Waals surface area contributed by atoms with Crippen LogP contribution in [0.2, 0.25) is 0 Å². The summed E-state index contributed by atoms with van der Waals surface area (Å²) in [6, 6.07) is 1.79. The van der Waals surface area contributed by atoms with Gasteiger partial charge in [-0.1, -0.05) is 19.9 Å². The molecule has 8 heteroatoms. The molecule has 1 heterocycles. The van der Waals surface area contributed by atoms with Crippen LogP contribution >= 0.6 is 0 Å². The maximum Gasteiger partial charge on any atom is 0.328 e. The summed E-state index contributed by atoms with van der Waals surface area (Å²) in [4.78, 5) is 39.9. The summed E-state index contributed by atoms with van der Waals surface area (Å²) < 4.78 is 9.75. The van der Waals surface area contributed by atoms with Crippen molar-refractivity contribution < 1.29 is 23.9 Å². The van der Waals surface area contributed by atoms with Gasteiger partial charge in [-0.25, -0.2) is 9.78 Å². The molecular formula is C17H25N3O5. The highest BCUT2D eigenvalue weighted by Crippen LogP contribution is 2.10. The van der Waals surface area contributed by atoms with Crippen LogP contribution in [0.25, 0.3) is 0 Å². The molecule has 25 heavy (non-hydrogen) atoms. The van der Waals surface area contributed by atoms with Crippen molar-refractivity contribution >= 4 is 17.8 Å². The van der Waals surface area contributed by atoms with E-state index in [1.54, 1.807) is 32.2 Å². The van der Waals surface area contributed by atoms with Crippen LogP contribution in [-0.4, -0.2) is 49.1 Å². The molecule has 138 valence electrons. The third-order valence-corrected chi connectivity index (χ3v) is 3.56. The molecule has 2 N–H and O–H groups in total. The second-order valence-electron chi connectivity index (χ2n) is 5.92. The zero-order chi connectivity index (χ0) is 19.0. The number of methoxy groups -OCH3 is 2. The second kappa shape index (κ2) is 9.61. The van der Waals surface area contributed by atoms with Crippen molar-refractivity contribution in [3.63, 3.8) is 0 Å². The van der Waals surface area contributed by atoms with Crippen molar-refractivity contribution in [1.82, 2.24) is 15.6 Å². The summed E-state index contributed by atoms with van der Waals surface area (Å²) in [5, 5.41) is 5.23. The standard InChI is InChI=1S/C17H25N3O5/c1-10(2)15(19-11(3)21)16(22)20-13(17(23)25-5)8-12-6-7-14(24-4)18-9-12/h6-7,9-10,13,15H,8H2,1-5H3,(H,19,21)(H,20,22)/t13-,15+/m0/s1. The second-order valence-corrected chi connectivity index (χ2v) is 5.92. The fourth-order valence-electron chi connectivity index (χ4n) is 2.24. The number of hydrogen-bond donors (Lipinski definition) is 2. The Kier molecular flexibility index (Phi) is 7.84. The van der Waals surface area contributed by atoms with Gasteiger partial charge in [0.2, 0.25) is 17.7 Å². The first-order valence-corrected chi connectivity index (χ1v) is 7.92. The first-order valence-electron chi connectivity index (χ1n) is 7.92. The summed E-state index contributed by atoms with van der Waals surface area (Å²) in [6.07, 6.45) is 1.77. The number of hydrogen-bond acceptors (Lipinski definition) is 6. The van der Waals surface area contributed by atoms with Crippen molar-refractivity contribution in [1.29, 1.82) is 0 Å². The Morgan fingerprint density at radius 2 is 1.84 bits per heavy atom. The average Bonchev–Trinajstić information content (AvgIpc) is 2.58. The van der Waals surface area contributed by atoms with Crippen molar-refractivity contribution in [2.75, 3.05) is 14.2 Å². The van der Waals surface area contributed by atoms with Gasteiger partial charge >= 0.3 is 5.97 Å². The molecule has 0 aliphatic carbocycles. The van der Waals surface area contributed by atoms with E-state index in [0.717, 1.165) is 5.56 Å². The summed E-state index contributed by atoms with van der Waals surface area (Å²) in [7, 11) is 2.76. The lowest BCUT2D eigenvalue weighted by Gasteiger charge is -2.24. The van der Waals surface area contributed by atoms with Crippen LogP contribution in [0.1, 0.15) is 26.3 Å². The van der Waals surface area contributed by atoms with Gasteiger partial charge in [0.05, 0.1) is 14.2 Å². The molecule has 0 aromatic carbocycles. The Hall–Kier alpha value is -2.64. The molecule has 1 rings (SSSR count). The molecule has 2 amide bonds. The predicted molar refractivity (Wildman–Crippen MR) is 90.9 cm³/mol. The van der Waals surface area contributed by atoms with Crippen molar-refractivity contribution in [2.45, 2.75) is 39.3 Å². The number of carbonyl (C=O) groups excluding carboxylic acids is 3. The Morgan fingerprint density at radius 3 is 2.28 bits per heavy atom. The van der Waals surface area contributed by atoms with Crippen LogP contribution in [0.15, 0.2) is 18.3 Å². The molecule has 2 atom stereocenters. The quantitative estimate of drug-likeness (QED) is 0.659. The minimum absolute atomic E-state index is 0.134. The SMILES string of the molecule is COC(=O)[C@H](Cc1ccc(OC)nc1)NC(=O)[C@H](NC(C)=O)C(C)C. The Balaban J connectivity index is 2.88. The maximum atomic E-state index is 12.5. The van der Waals surface area contributed by atoms with Gasteiger partial charge in [-0.15, -0.1) is 0 Å². The highest BCUT2D eigenvalue weighted by Gasteiger charge is 2.28. The van der Waals surface area contributed by atoms with Gasteiger partial charge in [-0.3, -0.25) is 9.59 Å². The van der Waals surface area contributed by atoms with E-state index in [1.807, 2.05) is 0 Å². The highest BCUT2D eigenvalue weighted by atomic mass is 16.5. The Morgan fingerprint density at radius 1 is 1.16 bits per heavy atom. The lowest BCUT2D eigenvalue weighted by Crippen LogP contribution is -2.54. The van der Waals surface area contributed by atoms with E-state index >= 15 is 0 Å². The van der Waals surface area contributed by atoms with Gasteiger partial charge < -0.3 is 20.1 Å². The molecule has 8 nitrogen and oxygen atoms in total. The number of carbonyl (C=O) groups is 3. The number of nitrogens with one attached hydrogen (secondary N) is 2. The van der Waals surface area contributed by atoms with Crippen LogP contribution in [0.5, 0.6) is 5.88 Å². The van der Waals surface area contributed by atoms with Gasteiger partial charge in [0.25, 0.3) is 0 Å². The molecule has 0 radical (unpaired) electrons. The first kappa shape index (κ1) is 20.4. The normalized spacial score (nSPS) is 12.9. The van der Waals surface area contributed by atoms with Crippen LogP contribution in [-0.2, 0) is 25.5 Å². The van der Waals surface area contributed by atoms with Crippen molar-refractivity contribution in [3.8, 4) is 5.88 Å². The zero-order valence-electron chi connectivity index (χ0n) is 15.2. The third kappa shape index (κ3) is 6.40. The number of amides is 2. The fourth-order valence-corrected chi connectivity index (χ4v) is 2.24. The molecule has 0 unspecified atom stereocenters. The molecular weight excluding hydrogens is 326 g/mol. The van der Waals surface area contributed by atoms with Crippen LogP contribution in [0.4, 0.5) is 0 Å². The minimum atomic E-state index is -0.886. The molecule has 0 saturated carbocycles. The molecule has 0 saturated heterocycles. The predicted octanol–water partition coefficient (Wildman–Crippen LogP) is 0.451. The van der Waals surface area contributed by atoms with Crippen molar-refractivity contribution in [3.05, 3.63) is 23.9 Å². The van der Waals surface area contributed by atoms with E-state index in [0.29, 0.717) is 5.88 Å². The van der Waals surface area contributed by atoms with Gasteiger partial charge in [0, 0.05) is 25.6 Å². The first-order chi connectivity index (χ1) is 11.8. The topological polar surface area (TPSA) is 107 Å². The van der Waals surface area contributed by atoms with E-state index in [-0.39, 0.29) is 18.2 Å². The van der Waals surface area contributed by atoms with Gasteiger partial charge in [-0.2, -0.15) is 0 Å². The number of ether oxygens (including phenoxy) is 2. The smallest absolute Gasteiger partial charge is 0.328 e. The molecule has 1 aromatic heterocycles. The lowest BCUT2D eigenvalue weighted by molar-refractivity contribution is -0.145. The van der Waals surface area contributed by atoms with E-state index < -0.39 is 24.0 Å². The van der Waals surface area contributed by atoms with E-state index in [4.69, 9.17) is 9.47 Å². The number of nitrogens with zero attached hydrogens (tertiary/aromatic N) is 1. The molecule has 0 bridgehead atoms. The van der Waals surface area contributed by atoms with E-state index in [9.17, 15) is 14.4 Å². The molecule has 0 aliphatic heterocycles. The van der Waals surface area contributed by atoms with Crippen LogP contribution in [0.3, 0.4) is 0 Å². The molecule has 1 aromatic rings. The maximum absolute atomic E-state index is 12.5. The minimum Gasteiger partial charge on any atom is -0.481 e. The van der Waals surface area contributed by atoms with Gasteiger partial charge in [0.15, 0.2) is 0 Å². The van der Waals surface area contributed by atoms with Gasteiger partial charge in [-0.05, 0) is 11.5 Å².